The first-order valence-electron chi connectivity index (χ1n) is 11.2. The van der Waals surface area contributed by atoms with E-state index in [1.807, 2.05) is 47.0 Å². The number of hydrogen-bond acceptors (Lipinski definition) is 7. The molecule has 176 valence electrons. The van der Waals surface area contributed by atoms with Crippen molar-refractivity contribution in [3.8, 4) is 10.6 Å². The van der Waals surface area contributed by atoms with Crippen LogP contribution < -0.4 is 10.6 Å². The molecule has 5 rings (SSSR count). The number of aromatic nitrogens is 3. The van der Waals surface area contributed by atoms with Gasteiger partial charge >= 0.3 is 0 Å². The number of nitrogens with zero attached hydrogens (tertiary/aromatic N) is 3. The standard InChI is InChI=1S/C26H23N5O3S/c1-2-12-31-20-9-8-18(28-14-21(32)17-6-4-3-5-7-17)13-19(20)29-26(31)30-25(33)24-11-10-23(35-24)22-15-27-16-34-22/h3-11,13,15-16,28H,2,12,14H2,1H3,(H,29,30,33). The van der Waals surface area contributed by atoms with E-state index in [0.29, 0.717) is 28.7 Å². The van der Waals surface area contributed by atoms with Crippen LogP contribution in [-0.2, 0) is 6.54 Å². The van der Waals surface area contributed by atoms with Gasteiger partial charge in [0.05, 0.1) is 33.5 Å². The van der Waals surface area contributed by atoms with Gasteiger partial charge in [0, 0.05) is 17.8 Å². The van der Waals surface area contributed by atoms with Crippen LogP contribution in [-0.4, -0.2) is 32.8 Å². The van der Waals surface area contributed by atoms with E-state index in [1.54, 1.807) is 24.4 Å². The molecule has 0 saturated carbocycles. The van der Waals surface area contributed by atoms with E-state index in [1.165, 1.54) is 17.7 Å². The Morgan fingerprint density at radius 2 is 1.94 bits per heavy atom. The summed E-state index contributed by atoms with van der Waals surface area (Å²) in [5, 5.41) is 6.13. The highest BCUT2D eigenvalue weighted by atomic mass is 32.1. The summed E-state index contributed by atoms with van der Waals surface area (Å²) in [6, 6.07) is 18.5. The number of oxazole rings is 1. The first-order valence-corrected chi connectivity index (χ1v) is 12.1. The van der Waals surface area contributed by atoms with Crippen LogP contribution in [0.4, 0.5) is 11.6 Å². The van der Waals surface area contributed by atoms with Crippen LogP contribution in [0.1, 0.15) is 33.4 Å². The molecule has 9 heteroatoms. The Bertz CT molecular complexity index is 1470. The van der Waals surface area contributed by atoms with Gasteiger partial charge in [-0.1, -0.05) is 37.3 Å². The minimum Gasteiger partial charge on any atom is -0.443 e. The summed E-state index contributed by atoms with van der Waals surface area (Å²) in [6.07, 6.45) is 3.87. The first-order chi connectivity index (χ1) is 17.1. The maximum Gasteiger partial charge on any atom is 0.268 e. The average molecular weight is 486 g/mol. The van der Waals surface area contributed by atoms with E-state index >= 15 is 0 Å². The third kappa shape index (κ3) is 4.85. The number of carbonyl (C=O) groups excluding carboxylic acids is 2. The number of benzene rings is 2. The fraction of sp³-hybridized carbons (Fsp3) is 0.154. The molecule has 3 aromatic heterocycles. The van der Waals surface area contributed by atoms with Crippen molar-refractivity contribution in [3.05, 3.63) is 83.7 Å². The Morgan fingerprint density at radius 1 is 1.09 bits per heavy atom. The van der Waals surface area contributed by atoms with Crippen molar-refractivity contribution in [2.24, 2.45) is 0 Å². The maximum atomic E-state index is 13.0. The Kier molecular flexibility index (Phi) is 6.40. The van der Waals surface area contributed by atoms with Gasteiger partial charge in [-0.3, -0.25) is 14.9 Å². The molecule has 0 saturated heterocycles. The lowest BCUT2D eigenvalue weighted by molar-refractivity contribution is 0.100. The molecule has 2 aromatic carbocycles. The molecule has 0 bridgehead atoms. The number of aryl methyl sites for hydroxylation is 1. The van der Waals surface area contributed by atoms with Gasteiger partial charge in [-0.15, -0.1) is 11.3 Å². The zero-order valence-electron chi connectivity index (χ0n) is 19.0. The number of amides is 1. The van der Waals surface area contributed by atoms with Gasteiger partial charge in [0.25, 0.3) is 5.91 Å². The number of anilines is 2. The van der Waals surface area contributed by atoms with Crippen molar-refractivity contribution in [1.82, 2.24) is 14.5 Å². The number of hydrogen-bond donors (Lipinski definition) is 2. The fourth-order valence-corrected chi connectivity index (χ4v) is 4.64. The van der Waals surface area contributed by atoms with Crippen LogP contribution in [0.25, 0.3) is 21.7 Å². The third-order valence-electron chi connectivity index (χ3n) is 5.47. The summed E-state index contributed by atoms with van der Waals surface area (Å²) in [5.74, 6) is 0.882. The molecule has 0 fully saturated rings. The molecule has 2 N–H and O–H groups in total. The normalized spacial score (nSPS) is 11.0. The second-order valence-corrected chi connectivity index (χ2v) is 9.00. The van der Waals surface area contributed by atoms with E-state index in [-0.39, 0.29) is 18.2 Å². The van der Waals surface area contributed by atoms with E-state index in [0.717, 1.165) is 28.0 Å². The van der Waals surface area contributed by atoms with E-state index < -0.39 is 0 Å². The average Bonchev–Trinajstić information content (AvgIpc) is 3.64. The number of ketones is 1. The summed E-state index contributed by atoms with van der Waals surface area (Å²) in [7, 11) is 0. The summed E-state index contributed by atoms with van der Waals surface area (Å²) < 4.78 is 7.31. The van der Waals surface area contributed by atoms with Crippen molar-refractivity contribution in [2.45, 2.75) is 19.9 Å². The minimum absolute atomic E-state index is 0.0100. The van der Waals surface area contributed by atoms with Crippen LogP contribution in [0.15, 0.2) is 77.7 Å². The van der Waals surface area contributed by atoms with E-state index in [4.69, 9.17) is 4.42 Å². The smallest absolute Gasteiger partial charge is 0.268 e. The van der Waals surface area contributed by atoms with Gasteiger partial charge in [0.15, 0.2) is 17.9 Å². The fourth-order valence-electron chi connectivity index (χ4n) is 3.79. The van der Waals surface area contributed by atoms with E-state index in [2.05, 4.69) is 27.5 Å². The molecule has 0 aliphatic rings. The molecule has 0 aliphatic carbocycles. The number of nitrogens with one attached hydrogen (secondary N) is 2. The Morgan fingerprint density at radius 3 is 2.71 bits per heavy atom. The van der Waals surface area contributed by atoms with Crippen molar-refractivity contribution in [1.29, 1.82) is 0 Å². The van der Waals surface area contributed by atoms with Gasteiger partial charge in [-0.05, 0) is 36.8 Å². The van der Waals surface area contributed by atoms with Crippen molar-refractivity contribution in [3.63, 3.8) is 0 Å². The lowest BCUT2D eigenvalue weighted by Crippen LogP contribution is -2.15. The Balaban J connectivity index is 1.34. The number of imidazole rings is 1. The molecule has 0 aliphatic heterocycles. The molecule has 0 spiro atoms. The van der Waals surface area contributed by atoms with Crippen molar-refractivity contribution in [2.75, 3.05) is 17.2 Å². The summed E-state index contributed by atoms with van der Waals surface area (Å²) in [6.45, 7) is 2.96. The molecular weight excluding hydrogens is 462 g/mol. The van der Waals surface area contributed by atoms with Gasteiger partial charge < -0.3 is 14.3 Å². The zero-order valence-corrected chi connectivity index (χ0v) is 19.8. The number of fused-ring (bicyclic) bond motifs is 1. The lowest BCUT2D eigenvalue weighted by atomic mass is 10.1. The van der Waals surface area contributed by atoms with Crippen LogP contribution in [0.5, 0.6) is 0 Å². The van der Waals surface area contributed by atoms with Crippen molar-refractivity contribution < 1.29 is 14.0 Å². The molecule has 1 amide bonds. The largest absolute Gasteiger partial charge is 0.443 e. The monoisotopic (exact) mass is 485 g/mol. The molecule has 35 heavy (non-hydrogen) atoms. The highest BCUT2D eigenvalue weighted by Gasteiger charge is 2.17. The second-order valence-electron chi connectivity index (χ2n) is 7.92. The first kappa shape index (κ1) is 22.5. The summed E-state index contributed by atoms with van der Waals surface area (Å²) in [5.41, 5.74) is 3.10. The van der Waals surface area contributed by atoms with Gasteiger partial charge in [-0.2, -0.15) is 0 Å². The van der Waals surface area contributed by atoms with E-state index in [9.17, 15) is 9.59 Å². The zero-order chi connectivity index (χ0) is 24.2. The van der Waals surface area contributed by atoms with Crippen LogP contribution in [0, 0.1) is 0 Å². The third-order valence-corrected chi connectivity index (χ3v) is 6.57. The van der Waals surface area contributed by atoms with Gasteiger partial charge in [0.2, 0.25) is 5.95 Å². The number of carbonyl (C=O) groups is 2. The number of thiophene rings is 1. The molecule has 5 aromatic rings. The van der Waals surface area contributed by atoms with Crippen LogP contribution in [0.2, 0.25) is 0 Å². The quantitative estimate of drug-likeness (QED) is 0.259. The highest BCUT2D eigenvalue weighted by molar-refractivity contribution is 7.17. The molecule has 0 unspecified atom stereocenters. The van der Waals surface area contributed by atoms with Gasteiger partial charge in [-0.25, -0.2) is 9.97 Å². The lowest BCUT2D eigenvalue weighted by Gasteiger charge is -2.09. The second kappa shape index (κ2) is 9.94. The van der Waals surface area contributed by atoms with Gasteiger partial charge in [0.1, 0.15) is 0 Å². The number of rotatable bonds is 9. The predicted molar refractivity (Wildman–Crippen MR) is 137 cm³/mol. The van der Waals surface area contributed by atoms with Crippen LogP contribution in [0.3, 0.4) is 0 Å². The molecule has 8 nitrogen and oxygen atoms in total. The SMILES string of the molecule is CCCn1c(NC(=O)c2ccc(-c3cnco3)s2)nc2cc(NCC(=O)c3ccccc3)ccc21. The topological polar surface area (TPSA) is 102 Å². The highest BCUT2D eigenvalue weighted by Crippen LogP contribution is 2.29. The maximum absolute atomic E-state index is 13.0. The Labute approximate surface area is 205 Å². The molecule has 0 radical (unpaired) electrons. The Hall–Kier alpha value is -4.24. The predicted octanol–water partition coefficient (Wildman–Crippen LogP) is 5.71. The summed E-state index contributed by atoms with van der Waals surface area (Å²) in [4.78, 5) is 35.4. The summed E-state index contributed by atoms with van der Waals surface area (Å²) >= 11 is 1.33. The molecule has 3 heterocycles. The number of Topliss-reactive ketones (excluding diaryl/α,β-unsaturated/α-hetero) is 1. The molecule has 0 atom stereocenters. The minimum atomic E-state index is -0.236. The van der Waals surface area contributed by atoms with Crippen LogP contribution >= 0.6 is 11.3 Å². The van der Waals surface area contributed by atoms with Crippen molar-refractivity contribution >= 4 is 45.7 Å². The molecular formula is C26H23N5O3S.